The lowest BCUT2D eigenvalue weighted by Gasteiger charge is -2.24. The molecule has 18 heavy (non-hydrogen) atoms. The smallest absolute Gasteiger partial charge is 0.0461 e. The Bertz CT molecular complexity index is 598. The van der Waals surface area contributed by atoms with Gasteiger partial charge in [-0.25, -0.2) is 0 Å². The fourth-order valence-corrected chi connectivity index (χ4v) is 2.77. The third-order valence-electron chi connectivity index (χ3n) is 3.73. The van der Waals surface area contributed by atoms with Crippen LogP contribution in [0.1, 0.15) is 18.9 Å². The van der Waals surface area contributed by atoms with E-state index in [1.54, 1.807) is 0 Å². The van der Waals surface area contributed by atoms with Crippen molar-refractivity contribution in [1.82, 2.24) is 9.88 Å². The highest BCUT2D eigenvalue weighted by molar-refractivity contribution is 6.31. The lowest BCUT2D eigenvalue weighted by atomic mass is 9.99. The number of fused-ring (bicyclic) bond motifs is 1. The van der Waals surface area contributed by atoms with Crippen LogP contribution in [0.15, 0.2) is 30.5 Å². The highest BCUT2D eigenvalue weighted by Crippen LogP contribution is 2.30. The van der Waals surface area contributed by atoms with Crippen molar-refractivity contribution in [2.75, 3.05) is 19.6 Å². The standard InChI is InChI=1S/C15H17ClN2/c1-2-18-7-5-11(6-8-18)14-10-17-15-4-3-12(16)9-13(14)15/h3-5,9-10,17H,2,6-8H2,1H3. The van der Waals surface area contributed by atoms with Crippen LogP contribution < -0.4 is 0 Å². The molecule has 2 nitrogen and oxygen atoms in total. The molecule has 1 aromatic heterocycles. The van der Waals surface area contributed by atoms with Crippen LogP contribution in [0.5, 0.6) is 0 Å². The Morgan fingerprint density at radius 1 is 1.39 bits per heavy atom. The quantitative estimate of drug-likeness (QED) is 0.867. The first kappa shape index (κ1) is 11.8. The number of nitrogens with zero attached hydrogens (tertiary/aromatic N) is 1. The molecule has 0 saturated carbocycles. The monoisotopic (exact) mass is 260 g/mol. The fourth-order valence-electron chi connectivity index (χ4n) is 2.60. The highest BCUT2D eigenvalue weighted by Gasteiger charge is 2.14. The Labute approximate surface area is 112 Å². The second kappa shape index (κ2) is 4.79. The van der Waals surface area contributed by atoms with Crippen LogP contribution in [0.3, 0.4) is 0 Å². The van der Waals surface area contributed by atoms with Gasteiger partial charge < -0.3 is 4.98 Å². The molecule has 3 heteroatoms. The highest BCUT2D eigenvalue weighted by atomic mass is 35.5. The van der Waals surface area contributed by atoms with Gasteiger partial charge >= 0.3 is 0 Å². The van der Waals surface area contributed by atoms with Gasteiger partial charge in [0.2, 0.25) is 0 Å². The van der Waals surface area contributed by atoms with Crippen molar-refractivity contribution >= 4 is 28.1 Å². The van der Waals surface area contributed by atoms with Crippen LogP contribution in [0, 0.1) is 0 Å². The number of benzene rings is 1. The zero-order chi connectivity index (χ0) is 12.5. The zero-order valence-electron chi connectivity index (χ0n) is 10.5. The topological polar surface area (TPSA) is 19.0 Å². The van der Waals surface area contributed by atoms with E-state index in [4.69, 9.17) is 11.6 Å². The molecule has 0 saturated heterocycles. The molecule has 0 radical (unpaired) electrons. The number of halogens is 1. The van der Waals surface area contributed by atoms with Crippen molar-refractivity contribution in [2.45, 2.75) is 13.3 Å². The molecule has 1 N–H and O–H groups in total. The molecule has 0 aliphatic carbocycles. The maximum Gasteiger partial charge on any atom is 0.0461 e. The summed E-state index contributed by atoms with van der Waals surface area (Å²) < 4.78 is 0. The minimum atomic E-state index is 0.801. The first-order valence-electron chi connectivity index (χ1n) is 6.46. The number of aromatic amines is 1. The van der Waals surface area contributed by atoms with E-state index in [1.807, 2.05) is 12.1 Å². The molecular formula is C15H17ClN2. The summed E-state index contributed by atoms with van der Waals surface area (Å²) >= 11 is 6.09. The molecule has 94 valence electrons. The predicted molar refractivity (Wildman–Crippen MR) is 78.0 cm³/mol. The molecule has 1 aliphatic rings. The van der Waals surface area contributed by atoms with Crippen molar-refractivity contribution in [1.29, 1.82) is 0 Å². The number of nitrogens with one attached hydrogen (secondary N) is 1. The summed E-state index contributed by atoms with van der Waals surface area (Å²) in [6.07, 6.45) is 5.57. The minimum Gasteiger partial charge on any atom is -0.361 e. The van der Waals surface area contributed by atoms with Crippen molar-refractivity contribution in [2.24, 2.45) is 0 Å². The average Bonchev–Trinajstić information content (AvgIpc) is 2.82. The molecule has 0 amide bonds. The van der Waals surface area contributed by atoms with Crippen molar-refractivity contribution in [3.8, 4) is 0 Å². The van der Waals surface area contributed by atoms with E-state index in [0.717, 1.165) is 36.6 Å². The molecule has 0 spiro atoms. The molecule has 0 atom stereocenters. The normalized spacial score (nSPS) is 17.1. The van der Waals surface area contributed by atoms with Crippen molar-refractivity contribution in [3.63, 3.8) is 0 Å². The number of H-pyrrole nitrogens is 1. The van der Waals surface area contributed by atoms with Crippen LogP contribution in [0.4, 0.5) is 0 Å². The zero-order valence-corrected chi connectivity index (χ0v) is 11.3. The number of hydrogen-bond donors (Lipinski definition) is 1. The van der Waals surface area contributed by atoms with E-state index >= 15 is 0 Å². The van der Waals surface area contributed by atoms with Gasteiger partial charge in [-0.1, -0.05) is 24.6 Å². The number of rotatable bonds is 2. The molecule has 0 unspecified atom stereocenters. The van der Waals surface area contributed by atoms with Gasteiger partial charge in [0.25, 0.3) is 0 Å². The van der Waals surface area contributed by atoms with Gasteiger partial charge in [-0.05, 0) is 36.7 Å². The Morgan fingerprint density at radius 2 is 2.28 bits per heavy atom. The van der Waals surface area contributed by atoms with Gasteiger partial charge in [0.15, 0.2) is 0 Å². The Morgan fingerprint density at radius 3 is 3.00 bits per heavy atom. The first-order chi connectivity index (χ1) is 8.78. The lowest BCUT2D eigenvalue weighted by Crippen LogP contribution is -2.27. The summed E-state index contributed by atoms with van der Waals surface area (Å²) in [6, 6.07) is 6.02. The second-order valence-electron chi connectivity index (χ2n) is 4.76. The molecular weight excluding hydrogens is 244 g/mol. The molecule has 0 bridgehead atoms. The molecule has 1 aromatic carbocycles. The predicted octanol–water partition coefficient (Wildman–Crippen LogP) is 3.93. The maximum atomic E-state index is 6.09. The average molecular weight is 261 g/mol. The largest absolute Gasteiger partial charge is 0.361 e. The summed E-state index contributed by atoms with van der Waals surface area (Å²) in [5.41, 5.74) is 3.91. The van der Waals surface area contributed by atoms with E-state index < -0.39 is 0 Å². The van der Waals surface area contributed by atoms with E-state index in [9.17, 15) is 0 Å². The third kappa shape index (κ3) is 2.06. The Balaban J connectivity index is 2.00. The Hall–Kier alpha value is -1.25. The molecule has 1 aliphatic heterocycles. The van der Waals surface area contributed by atoms with Gasteiger partial charge in [0.05, 0.1) is 0 Å². The summed E-state index contributed by atoms with van der Waals surface area (Å²) in [4.78, 5) is 5.77. The molecule has 3 rings (SSSR count). The van der Waals surface area contributed by atoms with E-state index in [1.165, 1.54) is 16.5 Å². The second-order valence-corrected chi connectivity index (χ2v) is 5.20. The summed E-state index contributed by atoms with van der Waals surface area (Å²) in [5, 5.41) is 2.04. The minimum absolute atomic E-state index is 0.801. The van der Waals surface area contributed by atoms with Crippen LogP contribution in [-0.2, 0) is 0 Å². The lowest BCUT2D eigenvalue weighted by molar-refractivity contribution is 0.319. The number of aromatic nitrogens is 1. The van der Waals surface area contributed by atoms with Crippen molar-refractivity contribution < 1.29 is 0 Å². The fraction of sp³-hybridized carbons (Fsp3) is 0.333. The summed E-state index contributed by atoms with van der Waals surface area (Å²) in [7, 11) is 0. The van der Waals surface area contributed by atoms with Gasteiger partial charge in [-0.3, -0.25) is 4.90 Å². The van der Waals surface area contributed by atoms with Crippen LogP contribution in [-0.4, -0.2) is 29.5 Å². The van der Waals surface area contributed by atoms with Gasteiger partial charge in [-0.15, -0.1) is 0 Å². The van der Waals surface area contributed by atoms with E-state index in [2.05, 4.69) is 35.1 Å². The van der Waals surface area contributed by atoms with E-state index in [0.29, 0.717) is 0 Å². The van der Waals surface area contributed by atoms with Crippen LogP contribution >= 0.6 is 11.6 Å². The SMILES string of the molecule is CCN1CC=C(c2c[nH]c3ccc(Cl)cc23)CC1. The van der Waals surface area contributed by atoms with Crippen LogP contribution in [0.25, 0.3) is 16.5 Å². The van der Waals surface area contributed by atoms with Crippen LogP contribution in [0.2, 0.25) is 5.02 Å². The van der Waals surface area contributed by atoms with Crippen molar-refractivity contribution in [3.05, 3.63) is 41.1 Å². The van der Waals surface area contributed by atoms with Gasteiger partial charge in [0.1, 0.15) is 0 Å². The molecule has 2 aromatic rings. The number of hydrogen-bond acceptors (Lipinski definition) is 1. The first-order valence-corrected chi connectivity index (χ1v) is 6.84. The molecule has 0 fully saturated rings. The summed E-state index contributed by atoms with van der Waals surface area (Å²) in [5.74, 6) is 0. The number of likely N-dealkylation sites (N-methyl/N-ethyl adjacent to an activating group) is 1. The molecule has 2 heterocycles. The third-order valence-corrected chi connectivity index (χ3v) is 3.97. The van der Waals surface area contributed by atoms with Gasteiger partial charge in [0, 0.05) is 40.8 Å². The summed E-state index contributed by atoms with van der Waals surface area (Å²) in [6.45, 7) is 5.54. The van der Waals surface area contributed by atoms with Gasteiger partial charge in [-0.2, -0.15) is 0 Å². The maximum absolute atomic E-state index is 6.09. The van der Waals surface area contributed by atoms with E-state index in [-0.39, 0.29) is 0 Å². The Kier molecular flexibility index (Phi) is 3.14.